The number of hydrogen-bond donors (Lipinski definition) is 2. The van der Waals surface area contributed by atoms with Gasteiger partial charge in [0.1, 0.15) is 0 Å². The number of halogens is 1. The topological polar surface area (TPSA) is 41.1 Å². The number of hydrogen-bond acceptors (Lipinski definition) is 2. The fraction of sp³-hybridized carbons (Fsp3) is 0.611. The molecular weight excluding hydrogens is 296 g/mol. The molecule has 1 saturated heterocycles. The van der Waals surface area contributed by atoms with E-state index in [-0.39, 0.29) is 18.3 Å². The van der Waals surface area contributed by atoms with Crippen LogP contribution >= 0.6 is 12.4 Å². The fourth-order valence-electron chi connectivity index (χ4n) is 2.99. The van der Waals surface area contributed by atoms with Crippen LogP contribution in [-0.2, 0) is 17.6 Å². The summed E-state index contributed by atoms with van der Waals surface area (Å²) in [7, 11) is 0. The molecule has 1 fully saturated rings. The molecule has 0 spiro atoms. The lowest BCUT2D eigenvalue weighted by Gasteiger charge is -2.22. The lowest BCUT2D eigenvalue weighted by atomic mass is 9.93. The highest BCUT2D eigenvalue weighted by Crippen LogP contribution is 2.21. The summed E-state index contributed by atoms with van der Waals surface area (Å²) in [6, 6.07) is 6.42. The summed E-state index contributed by atoms with van der Waals surface area (Å²) in [5.74, 6) is 0.876. The Hall–Kier alpha value is -1.06. The maximum atomic E-state index is 12.2. The van der Waals surface area contributed by atoms with Gasteiger partial charge in [-0.3, -0.25) is 4.79 Å². The smallest absolute Gasteiger partial charge is 0.224 e. The van der Waals surface area contributed by atoms with Crippen molar-refractivity contribution >= 4 is 24.0 Å². The number of anilines is 1. The van der Waals surface area contributed by atoms with E-state index in [1.54, 1.807) is 0 Å². The van der Waals surface area contributed by atoms with Crippen molar-refractivity contribution in [1.82, 2.24) is 5.32 Å². The first-order valence-corrected chi connectivity index (χ1v) is 8.35. The van der Waals surface area contributed by atoms with Crippen LogP contribution in [0.5, 0.6) is 0 Å². The van der Waals surface area contributed by atoms with Crippen LogP contribution in [0.4, 0.5) is 5.69 Å². The Labute approximate surface area is 140 Å². The number of benzene rings is 1. The van der Waals surface area contributed by atoms with Crippen LogP contribution in [0.1, 0.15) is 50.7 Å². The molecule has 0 saturated carbocycles. The van der Waals surface area contributed by atoms with E-state index in [1.807, 2.05) is 0 Å². The summed E-state index contributed by atoms with van der Waals surface area (Å²) in [5, 5.41) is 6.49. The molecule has 0 unspecified atom stereocenters. The molecule has 2 rings (SSSR count). The second-order valence-electron chi connectivity index (χ2n) is 5.98. The number of aryl methyl sites for hydroxylation is 2. The zero-order chi connectivity index (χ0) is 15.1. The van der Waals surface area contributed by atoms with E-state index in [4.69, 9.17) is 0 Å². The van der Waals surface area contributed by atoms with Crippen LogP contribution in [-0.4, -0.2) is 19.0 Å². The van der Waals surface area contributed by atoms with Gasteiger partial charge in [0.05, 0.1) is 0 Å². The molecule has 1 heterocycles. The SMILES string of the molecule is CCc1ccc(CC)c(NC(=O)CCC2CCNCC2)c1.Cl. The van der Waals surface area contributed by atoms with Gasteiger partial charge in [-0.1, -0.05) is 26.0 Å². The molecule has 3 nitrogen and oxygen atoms in total. The molecule has 0 bridgehead atoms. The Morgan fingerprint density at radius 3 is 2.59 bits per heavy atom. The van der Waals surface area contributed by atoms with Crippen molar-refractivity contribution in [3.63, 3.8) is 0 Å². The van der Waals surface area contributed by atoms with Crippen LogP contribution in [0.25, 0.3) is 0 Å². The van der Waals surface area contributed by atoms with Crippen molar-refractivity contribution in [2.75, 3.05) is 18.4 Å². The van der Waals surface area contributed by atoms with Crippen molar-refractivity contribution in [3.8, 4) is 0 Å². The third-order valence-electron chi connectivity index (χ3n) is 4.48. The first-order chi connectivity index (χ1) is 10.2. The summed E-state index contributed by atoms with van der Waals surface area (Å²) < 4.78 is 0. The normalized spacial score (nSPS) is 15.2. The molecule has 1 aliphatic rings. The monoisotopic (exact) mass is 324 g/mol. The standard InChI is InChI=1S/C18H28N2O.ClH/c1-3-14-5-7-16(4-2)17(13-14)20-18(21)8-6-15-9-11-19-12-10-15;/h5,7,13,15,19H,3-4,6,8-12H2,1-2H3,(H,20,21);1H. The van der Waals surface area contributed by atoms with E-state index in [9.17, 15) is 4.79 Å². The predicted molar refractivity (Wildman–Crippen MR) is 95.9 cm³/mol. The lowest BCUT2D eigenvalue weighted by molar-refractivity contribution is -0.116. The van der Waals surface area contributed by atoms with Gasteiger partial charge in [0, 0.05) is 12.1 Å². The van der Waals surface area contributed by atoms with Crippen LogP contribution in [0.3, 0.4) is 0 Å². The molecular formula is C18H29ClN2O. The van der Waals surface area contributed by atoms with Crippen molar-refractivity contribution in [1.29, 1.82) is 0 Å². The lowest BCUT2D eigenvalue weighted by Crippen LogP contribution is -2.28. The molecule has 4 heteroatoms. The summed E-state index contributed by atoms with van der Waals surface area (Å²) in [6.45, 7) is 6.48. The van der Waals surface area contributed by atoms with E-state index < -0.39 is 0 Å². The van der Waals surface area contributed by atoms with Crippen LogP contribution in [0.15, 0.2) is 18.2 Å². The molecule has 0 aromatic heterocycles. The van der Waals surface area contributed by atoms with E-state index in [0.717, 1.165) is 38.0 Å². The van der Waals surface area contributed by atoms with Crippen molar-refractivity contribution < 1.29 is 4.79 Å². The first kappa shape index (κ1) is 19.0. The summed E-state index contributed by atoms with van der Waals surface area (Å²) in [5.41, 5.74) is 3.51. The van der Waals surface area contributed by atoms with Gasteiger partial charge in [0.2, 0.25) is 5.91 Å². The highest BCUT2D eigenvalue weighted by molar-refractivity contribution is 5.91. The van der Waals surface area contributed by atoms with E-state index in [0.29, 0.717) is 12.3 Å². The first-order valence-electron chi connectivity index (χ1n) is 8.35. The van der Waals surface area contributed by atoms with Gasteiger partial charge in [0.15, 0.2) is 0 Å². The molecule has 124 valence electrons. The van der Waals surface area contributed by atoms with Crippen LogP contribution < -0.4 is 10.6 Å². The van der Waals surface area contributed by atoms with Crippen molar-refractivity contribution in [2.24, 2.45) is 5.92 Å². The quantitative estimate of drug-likeness (QED) is 0.831. The van der Waals surface area contributed by atoms with E-state index in [2.05, 4.69) is 42.7 Å². The van der Waals surface area contributed by atoms with Gasteiger partial charge in [-0.15, -0.1) is 12.4 Å². The zero-order valence-electron chi connectivity index (χ0n) is 13.8. The van der Waals surface area contributed by atoms with Gasteiger partial charge in [-0.2, -0.15) is 0 Å². The highest BCUT2D eigenvalue weighted by atomic mass is 35.5. The summed E-state index contributed by atoms with van der Waals surface area (Å²) in [4.78, 5) is 12.2. The Bertz CT molecular complexity index is 470. The summed E-state index contributed by atoms with van der Waals surface area (Å²) >= 11 is 0. The molecule has 0 aliphatic carbocycles. The number of amides is 1. The third-order valence-corrected chi connectivity index (χ3v) is 4.48. The maximum absolute atomic E-state index is 12.2. The molecule has 1 aromatic carbocycles. The second kappa shape index (κ2) is 9.86. The molecule has 2 N–H and O–H groups in total. The Morgan fingerprint density at radius 1 is 1.23 bits per heavy atom. The molecule has 0 atom stereocenters. The van der Waals surface area contributed by atoms with Crippen molar-refractivity contribution in [2.45, 2.75) is 52.4 Å². The van der Waals surface area contributed by atoms with Crippen LogP contribution in [0, 0.1) is 5.92 Å². The van der Waals surface area contributed by atoms with Gasteiger partial charge < -0.3 is 10.6 Å². The molecule has 1 aliphatic heterocycles. The van der Waals surface area contributed by atoms with E-state index in [1.165, 1.54) is 24.0 Å². The van der Waals surface area contributed by atoms with Gasteiger partial charge >= 0.3 is 0 Å². The maximum Gasteiger partial charge on any atom is 0.224 e. The molecule has 0 radical (unpaired) electrons. The minimum absolute atomic E-state index is 0. The fourth-order valence-corrected chi connectivity index (χ4v) is 2.99. The molecule has 1 amide bonds. The number of carbonyl (C=O) groups is 1. The zero-order valence-corrected chi connectivity index (χ0v) is 14.6. The van der Waals surface area contributed by atoms with Crippen LogP contribution in [0.2, 0.25) is 0 Å². The second-order valence-corrected chi connectivity index (χ2v) is 5.98. The number of nitrogens with one attached hydrogen (secondary N) is 2. The van der Waals surface area contributed by atoms with Gasteiger partial charge in [-0.05, 0) is 68.3 Å². The molecule has 1 aromatic rings. The average molecular weight is 325 g/mol. The largest absolute Gasteiger partial charge is 0.326 e. The number of carbonyl (C=O) groups excluding carboxylic acids is 1. The summed E-state index contributed by atoms with van der Waals surface area (Å²) in [6.07, 6.45) is 6.03. The van der Waals surface area contributed by atoms with Crippen molar-refractivity contribution in [3.05, 3.63) is 29.3 Å². The minimum Gasteiger partial charge on any atom is -0.326 e. The Balaban J connectivity index is 0.00000242. The Morgan fingerprint density at radius 2 is 1.95 bits per heavy atom. The number of rotatable bonds is 6. The minimum atomic E-state index is 0. The van der Waals surface area contributed by atoms with Gasteiger partial charge in [-0.25, -0.2) is 0 Å². The van der Waals surface area contributed by atoms with Gasteiger partial charge in [0.25, 0.3) is 0 Å². The number of piperidine rings is 1. The van der Waals surface area contributed by atoms with E-state index >= 15 is 0 Å². The average Bonchev–Trinajstić information content (AvgIpc) is 2.54. The third kappa shape index (κ3) is 5.62. The predicted octanol–water partition coefficient (Wildman–Crippen LogP) is 3.95. The highest BCUT2D eigenvalue weighted by Gasteiger charge is 2.15. The molecule has 22 heavy (non-hydrogen) atoms. The Kier molecular flexibility index (Phi) is 8.51.